The summed E-state index contributed by atoms with van der Waals surface area (Å²) in [6.45, 7) is 3.58. The fourth-order valence-electron chi connectivity index (χ4n) is 2.77. The fraction of sp³-hybridized carbons (Fsp3) is 0.238. The number of methoxy groups -OCH3 is 1. The van der Waals surface area contributed by atoms with Crippen molar-refractivity contribution in [2.45, 2.75) is 26.6 Å². The molecular formula is C21H23N3O3. The Morgan fingerprint density at radius 2 is 1.93 bits per heavy atom. The predicted molar refractivity (Wildman–Crippen MR) is 103 cm³/mol. The maximum atomic E-state index is 12.5. The molecule has 0 atom stereocenters. The highest BCUT2D eigenvalue weighted by atomic mass is 16.5. The molecule has 0 fully saturated rings. The minimum absolute atomic E-state index is 0.127. The highest BCUT2D eigenvalue weighted by molar-refractivity contribution is 5.94. The Bertz CT molecular complexity index is 905. The van der Waals surface area contributed by atoms with Crippen molar-refractivity contribution in [3.05, 3.63) is 77.6 Å². The van der Waals surface area contributed by atoms with Gasteiger partial charge in [0.25, 0.3) is 5.91 Å². The normalized spacial score (nSPS) is 10.4. The lowest BCUT2D eigenvalue weighted by atomic mass is 10.1. The van der Waals surface area contributed by atoms with Crippen LogP contribution in [0.25, 0.3) is 0 Å². The Hall–Kier alpha value is -3.28. The van der Waals surface area contributed by atoms with Gasteiger partial charge in [-0.15, -0.1) is 0 Å². The molecule has 1 aromatic heterocycles. The molecule has 27 heavy (non-hydrogen) atoms. The number of hydrogen-bond donors (Lipinski definition) is 1. The molecule has 3 aromatic rings. The molecule has 0 aliphatic rings. The number of para-hydroxylation sites is 2. The fourth-order valence-corrected chi connectivity index (χ4v) is 2.77. The van der Waals surface area contributed by atoms with Gasteiger partial charge in [-0.05, 0) is 42.8 Å². The quantitative estimate of drug-likeness (QED) is 0.664. The van der Waals surface area contributed by atoms with Crippen molar-refractivity contribution in [1.82, 2.24) is 15.1 Å². The average Bonchev–Trinajstić information content (AvgIpc) is 3.18. The Kier molecular flexibility index (Phi) is 6.10. The molecular weight excluding hydrogens is 342 g/mol. The molecule has 0 unspecified atom stereocenters. The van der Waals surface area contributed by atoms with E-state index in [0.29, 0.717) is 30.2 Å². The van der Waals surface area contributed by atoms with Gasteiger partial charge in [0.05, 0.1) is 19.3 Å². The van der Waals surface area contributed by atoms with Crippen LogP contribution in [0.2, 0.25) is 0 Å². The van der Waals surface area contributed by atoms with Crippen LogP contribution in [0.1, 0.15) is 28.5 Å². The van der Waals surface area contributed by atoms with E-state index in [-0.39, 0.29) is 5.91 Å². The van der Waals surface area contributed by atoms with Crippen molar-refractivity contribution in [2.75, 3.05) is 7.11 Å². The van der Waals surface area contributed by atoms with E-state index in [1.165, 1.54) is 0 Å². The van der Waals surface area contributed by atoms with Crippen LogP contribution in [-0.4, -0.2) is 22.8 Å². The van der Waals surface area contributed by atoms with Crippen LogP contribution < -0.4 is 14.8 Å². The van der Waals surface area contributed by atoms with Crippen LogP contribution in [0.5, 0.6) is 11.5 Å². The molecule has 1 heterocycles. The standard InChI is InChI=1S/C21H23N3O3/c1-3-24-18(11-12-23-24)14-22-21(25)17-8-6-7-16(13-17)15-27-20-10-5-4-9-19(20)26-2/h4-13H,3,14-15H2,1-2H3,(H,22,25). The number of aryl methyl sites for hydroxylation is 1. The summed E-state index contributed by atoms with van der Waals surface area (Å²) in [7, 11) is 1.61. The van der Waals surface area contributed by atoms with Crippen LogP contribution in [-0.2, 0) is 19.7 Å². The van der Waals surface area contributed by atoms with Crippen molar-refractivity contribution in [2.24, 2.45) is 0 Å². The van der Waals surface area contributed by atoms with E-state index in [4.69, 9.17) is 9.47 Å². The van der Waals surface area contributed by atoms with Gasteiger partial charge in [-0.2, -0.15) is 5.10 Å². The van der Waals surface area contributed by atoms with Crippen molar-refractivity contribution in [3.63, 3.8) is 0 Å². The molecule has 1 amide bonds. The Morgan fingerprint density at radius 3 is 2.70 bits per heavy atom. The zero-order valence-corrected chi connectivity index (χ0v) is 15.5. The Labute approximate surface area is 158 Å². The van der Waals surface area contributed by atoms with Gasteiger partial charge in [-0.25, -0.2) is 0 Å². The monoisotopic (exact) mass is 365 g/mol. The molecule has 2 aromatic carbocycles. The third-order valence-electron chi connectivity index (χ3n) is 4.19. The summed E-state index contributed by atoms with van der Waals surface area (Å²) in [5.74, 6) is 1.22. The topological polar surface area (TPSA) is 65.4 Å². The molecule has 6 heteroatoms. The number of carbonyl (C=O) groups is 1. The number of nitrogens with zero attached hydrogens (tertiary/aromatic N) is 2. The first-order chi connectivity index (χ1) is 13.2. The summed E-state index contributed by atoms with van der Waals surface area (Å²) in [5, 5.41) is 7.14. The van der Waals surface area contributed by atoms with Gasteiger partial charge in [0.1, 0.15) is 6.61 Å². The summed E-state index contributed by atoms with van der Waals surface area (Å²) in [6, 6.07) is 16.8. The Morgan fingerprint density at radius 1 is 1.11 bits per heavy atom. The molecule has 0 spiro atoms. The number of amides is 1. The van der Waals surface area contributed by atoms with Gasteiger partial charge >= 0.3 is 0 Å². The molecule has 0 radical (unpaired) electrons. The lowest BCUT2D eigenvalue weighted by Crippen LogP contribution is -2.24. The van der Waals surface area contributed by atoms with E-state index < -0.39 is 0 Å². The zero-order chi connectivity index (χ0) is 19.1. The molecule has 3 rings (SSSR count). The maximum Gasteiger partial charge on any atom is 0.251 e. The van der Waals surface area contributed by atoms with Crippen molar-refractivity contribution in [1.29, 1.82) is 0 Å². The molecule has 6 nitrogen and oxygen atoms in total. The maximum absolute atomic E-state index is 12.5. The zero-order valence-electron chi connectivity index (χ0n) is 15.5. The lowest BCUT2D eigenvalue weighted by Gasteiger charge is -2.11. The Balaban J connectivity index is 1.62. The predicted octanol–water partition coefficient (Wildman–Crippen LogP) is 3.42. The highest BCUT2D eigenvalue weighted by Gasteiger charge is 2.09. The van der Waals surface area contributed by atoms with Gasteiger partial charge in [0.2, 0.25) is 0 Å². The summed E-state index contributed by atoms with van der Waals surface area (Å²) in [6.07, 6.45) is 1.74. The first-order valence-corrected chi connectivity index (χ1v) is 8.85. The summed E-state index contributed by atoms with van der Waals surface area (Å²) < 4.78 is 13.0. The van der Waals surface area contributed by atoms with Crippen LogP contribution in [0.15, 0.2) is 60.8 Å². The van der Waals surface area contributed by atoms with E-state index in [0.717, 1.165) is 17.8 Å². The number of hydrogen-bond acceptors (Lipinski definition) is 4. The second kappa shape index (κ2) is 8.89. The van der Waals surface area contributed by atoms with E-state index in [1.807, 2.05) is 60.1 Å². The minimum atomic E-state index is -0.127. The van der Waals surface area contributed by atoms with Gasteiger partial charge in [0.15, 0.2) is 11.5 Å². The third-order valence-corrected chi connectivity index (χ3v) is 4.19. The molecule has 140 valence electrons. The van der Waals surface area contributed by atoms with E-state index in [9.17, 15) is 4.79 Å². The molecule has 1 N–H and O–H groups in total. The number of carbonyl (C=O) groups excluding carboxylic acids is 1. The number of nitrogens with one attached hydrogen (secondary N) is 1. The average molecular weight is 365 g/mol. The van der Waals surface area contributed by atoms with Crippen molar-refractivity contribution < 1.29 is 14.3 Å². The first kappa shape index (κ1) is 18.5. The van der Waals surface area contributed by atoms with Gasteiger partial charge in [0, 0.05) is 18.3 Å². The van der Waals surface area contributed by atoms with Crippen LogP contribution in [0.3, 0.4) is 0 Å². The summed E-state index contributed by atoms with van der Waals surface area (Å²) in [5.41, 5.74) is 2.48. The summed E-state index contributed by atoms with van der Waals surface area (Å²) in [4.78, 5) is 12.5. The SMILES string of the molecule is CCn1nccc1CNC(=O)c1cccc(COc2ccccc2OC)c1. The van der Waals surface area contributed by atoms with Crippen LogP contribution in [0.4, 0.5) is 0 Å². The van der Waals surface area contributed by atoms with Gasteiger partial charge in [-0.3, -0.25) is 9.48 Å². The second-order valence-corrected chi connectivity index (χ2v) is 5.96. The minimum Gasteiger partial charge on any atom is -0.493 e. The smallest absolute Gasteiger partial charge is 0.251 e. The lowest BCUT2D eigenvalue weighted by molar-refractivity contribution is 0.0949. The third kappa shape index (κ3) is 4.67. The number of aromatic nitrogens is 2. The first-order valence-electron chi connectivity index (χ1n) is 8.85. The van der Waals surface area contributed by atoms with Gasteiger partial charge in [-0.1, -0.05) is 24.3 Å². The number of ether oxygens (including phenoxy) is 2. The largest absolute Gasteiger partial charge is 0.493 e. The van der Waals surface area contributed by atoms with E-state index in [2.05, 4.69) is 10.4 Å². The van der Waals surface area contributed by atoms with Crippen molar-refractivity contribution in [3.8, 4) is 11.5 Å². The molecule has 0 bridgehead atoms. The number of benzene rings is 2. The van der Waals surface area contributed by atoms with Gasteiger partial charge < -0.3 is 14.8 Å². The second-order valence-electron chi connectivity index (χ2n) is 5.96. The highest BCUT2D eigenvalue weighted by Crippen LogP contribution is 2.26. The van der Waals surface area contributed by atoms with Crippen LogP contribution >= 0.6 is 0 Å². The summed E-state index contributed by atoms with van der Waals surface area (Å²) >= 11 is 0. The van der Waals surface area contributed by atoms with E-state index >= 15 is 0 Å². The van der Waals surface area contributed by atoms with Crippen LogP contribution in [0, 0.1) is 0 Å². The molecule has 0 saturated heterocycles. The molecule has 0 aliphatic heterocycles. The van der Waals surface area contributed by atoms with E-state index in [1.54, 1.807) is 19.4 Å². The number of rotatable bonds is 8. The molecule has 0 saturated carbocycles. The van der Waals surface area contributed by atoms with Crippen molar-refractivity contribution >= 4 is 5.91 Å². The molecule has 0 aliphatic carbocycles.